The van der Waals surface area contributed by atoms with Crippen molar-refractivity contribution in [1.29, 1.82) is 0 Å². The van der Waals surface area contributed by atoms with E-state index in [2.05, 4.69) is 10.3 Å². The van der Waals surface area contributed by atoms with Crippen molar-refractivity contribution in [3.8, 4) is 5.75 Å². The third-order valence-electron chi connectivity index (χ3n) is 4.28. The Hall–Kier alpha value is -2.69. The number of benzene rings is 1. The highest BCUT2D eigenvalue weighted by Crippen LogP contribution is 2.23. The third kappa shape index (κ3) is 3.02. The predicted molar refractivity (Wildman–Crippen MR) is 92.4 cm³/mol. The van der Waals surface area contributed by atoms with Gasteiger partial charge in [0, 0.05) is 24.7 Å². The maximum atomic E-state index is 12.4. The second-order valence-corrected chi connectivity index (χ2v) is 6.14. The minimum Gasteiger partial charge on any atom is -0.507 e. The van der Waals surface area contributed by atoms with Crippen molar-refractivity contribution in [2.45, 2.75) is 26.7 Å². The summed E-state index contributed by atoms with van der Waals surface area (Å²) in [6.07, 6.45) is 4.55. The van der Waals surface area contributed by atoms with Gasteiger partial charge in [-0.2, -0.15) is 0 Å². The maximum Gasteiger partial charge on any atom is 0.227 e. The zero-order valence-corrected chi connectivity index (χ0v) is 13.8. The van der Waals surface area contributed by atoms with Crippen LogP contribution < -0.4 is 5.32 Å². The number of aromatic hydroxyl groups is 1. The van der Waals surface area contributed by atoms with Crippen molar-refractivity contribution in [2.75, 3.05) is 13.1 Å². The molecule has 3 rings (SSSR count). The summed E-state index contributed by atoms with van der Waals surface area (Å²) in [4.78, 5) is 28.7. The number of fused-ring (bicyclic) bond motifs is 1. The lowest BCUT2D eigenvalue weighted by molar-refractivity contribution is -0.114. The Bertz CT molecular complexity index is 793. The van der Waals surface area contributed by atoms with Gasteiger partial charge in [0.15, 0.2) is 5.78 Å². The first kappa shape index (κ1) is 16.2. The SMILES string of the molecule is Cc1cc(CCNC2=CC(=O)C3=CCCN=C3C2=O)cc(C)c1O. The Labute approximate surface area is 140 Å². The van der Waals surface area contributed by atoms with E-state index in [1.165, 1.54) is 6.08 Å². The number of nitrogens with zero attached hydrogens (tertiary/aromatic N) is 1. The molecule has 124 valence electrons. The van der Waals surface area contributed by atoms with Gasteiger partial charge in [0.25, 0.3) is 0 Å². The van der Waals surface area contributed by atoms with E-state index in [0.717, 1.165) is 16.7 Å². The minimum atomic E-state index is -0.210. The second kappa shape index (κ2) is 6.43. The molecular weight excluding hydrogens is 304 g/mol. The van der Waals surface area contributed by atoms with Crippen LogP contribution in [0.3, 0.4) is 0 Å². The second-order valence-electron chi connectivity index (χ2n) is 6.14. The molecule has 0 aromatic heterocycles. The number of phenols is 1. The van der Waals surface area contributed by atoms with Crippen LogP contribution in [0.1, 0.15) is 23.1 Å². The van der Waals surface area contributed by atoms with Crippen LogP contribution in [0.2, 0.25) is 0 Å². The maximum absolute atomic E-state index is 12.4. The number of allylic oxidation sites excluding steroid dienone is 3. The van der Waals surface area contributed by atoms with Gasteiger partial charge in [-0.15, -0.1) is 0 Å². The molecular formula is C19H20N2O3. The van der Waals surface area contributed by atoms with Crippen molar-refractivity contribution in [1.82, 2.24) is 5.32 Å². The molecule has 0 saturated carbocycles. The van der Waals surface area contributed by atoms with E-state index in [0.29, 0.717) is 43.0 Å². The van der Waals surface area contributed by atoms with Crippen molar-refractivity contribution in [2.24, 2.45) is 4.99 Å². The quantitative estimate of drug-likeness (QED) is 0.887. The van der Waals surface area contributed by atoms with Crippen molar-refractivity contribution >= 4 is 17.3 Å². The molecule has 24 heavy (non-hydrogen) atoms. The molecule has 1 aromatic rings. The van der Waals surface area contributed by atoms with Crippen LogP contribution in [0, 0.1) is 13.8 Å². The summed E-state index contributed by atoms with van der Waals surface area (Å²) >= 11 is 0. The topological polar surface area (TPSA) is 78.8 Å². The Balaban J connectivity index is 1.69. The Kier molecular flexibility index (Phi) is 4.34. The first-order chi connectivity index (χ1) is 11.5. The van der Waals surface area contributed by atoms with E-state index >= 15 is 0 Å². The highest BCUT2D eigenvalue weighted by Gasteiger charge is 2.30. The number of dihydropyridines is 1. The van der Waals surface area contributed by atoms with Crippen LogP contribution in [0.5, 0.6) is 5.75 Å². The summed E-state index contributed by atoms with van der Waals surface area (Å²) in [5, 5.41) is 12.9. The lowest BCUT2D eigenvalue weighted by Gasteiger charge is -2.19. The minimum absolute atomic E-state index is 0.160. The third-order valence-corrected chi connectivity index (χ3v) is 4.28. The van der Waals surface area contributed by atoms with E-state index in [1.54, 1.807) is 6.08 Å². The summed E-state index contributed by atoms with van der Waals surface area (Å²) in [6, 6.07) is 3.86. The van der Waals surface area contributed by atoms with Gasteiger partial charge < -0.3 is 10.4 Å². The lowest BCUT2D eigenvalue weighted by Crippen LogP contribution is -2.36. The Morgan fingerprint density at radius 3 is 2.62 bits per heavy atom. The Morgan fingerprint density at radius 2 is 1.92 bits per heavy atom. The van der Waals surface area contributed by atoms with Gasteiger partial charge in [-0.1, -0.05) is 18.2 Å². The molecule has 5 nitrogen and oxygen atoms in total. The fourth-order valence-electron chi connectivity index (χ4n) is 3.04. The normalized spacial score (nSPS) is 17.0. The molecule has 1 aliphatic carbocycles. The van der Waals surface area contributed by atoms with E-state index < -0.39 is 0 Å². The van der Waals surface area contributed by atoms with E-state index in [1.807, 2.05) is 26.0 Å². The highest BCUT2D eigenvalue weighted by atomic mass is 16.3. The molecule has 0 bridgehead atoms. The van der Waals surface area contributed by atoms with Gasteiger partial charge in [0.1, 0.15) is 11.5 Å². The zero-order valence-electron chi connectivity index (χ0n) is 13.8. The van der Waals surface area contributed by atoms with Crippen LogP contribution in [-0.4, -0.2) is 35.5 Å². The first-order valence-electron chi connectivity index (χ1n) is 8.06. The number of Topliss-reactive ketones (excluding diaryl/α,β-unsaturated/α-hetero) is 1. The molecule has 0 spiro atoms. The molecule has 0 atom stereocenters. The van der Waals surface area contributed by atoms with Crippen LogP contribution in [0.25, 0.3) is 0 Å². The molecule has 1 aromatic carbocycles. The summed E-state index contributed by atoms with van der Waals surface area (Å²) in [6.45, 7) is 4.80. The predicted octanol–water partition coefficient (Wildman–Crippen LogP) is 1.95. The number of aliphatic imine (C=N–C) groups is 1. The number of hydrogen-bond donors (Lipinski definition) is 2. The Morgan fingerprint density at radius 1 is 1.21 bits per heavy atom. The van der Waals surface area contributed by atoms with Gasteiger partial charge >= 0.3 is 0 Å². The number of hydrogen-bond acceptors (Lipinski definition) is 5. The standard InChI is InChI=1S/C19H20N2O3/c1-11-8-13(9-12(2)18(11)23)5-7-20-15-10-16(22)14-4-3-6-21-17(14)19(15)24/h4,8-10,20,23H,3,5-7H2,1-2H3. The van der Waals surface area contributed by atoms with Crippen LogP contribution in [0.15, 0.2) is 40.5 Å². The largest absolute Gasteiger partial charge is 0.507 e. The van der Waals surface area contributed by atoms with Gasteiger partial charge in [0.2, 0.25) is 5.78 Å². The summed E-state index contributed by atoms with van der Waals surface area (Å²) in [5.74, 6) is -0.0532. The molecule has 0 saturated heterocycles. The monoisotopic (exact) mass is 324 g/mol. The lowest BCUT2D eigenvalue weighted by atomic mass is 9.91. The van der Waals surface area contributed by atoms with Crippen molar-refractivity contribution in [3.63, 3.8) is 0 Å². The molecule has 0 radical (unpaired) electrons. The van der Waals surface area contributed by atoms with Crippen LogP contribution in [-0.2, 0) is 16.0 Å². The molecule has 5 heteroatoms. The highest BCUT2D eigenvalue weighted by molar-refractivity contribution is 6.59. The number of phenolic OH excluding ortho intramolecular Hbond substituents is 1. The number of carbonyl (C=O) groups excluding carboxylic acids is 2. The molecule has 1 aliphatic heterocycles. The van der Waals surface area contributed by atoms with Gasteiger partial charge in [-0.05, 0) is 43.4 Å². The number of nitrogens with one attached hydrogen (secondary N) is 1. The fraction of sp³-hybridized carbons (Fsp3) is 0.316. The van der Waals surface area contributed by atoms with E-state index in [9.17, 15) is 14.7 Å². The van der Waals surface area contributed by atoms with E-state index in [4.69, 9.17) is 0 Å². The smallest absolute Gasteiger partial charge is 0.227 e. The molecule has 0 amide bonds. The van der Waals surface area contributed by atoms with Gasteiger partial charge in [-0.25, -0.2) is 0 Å². The molecule has 0 fully saturated rings. The average Bonchev–Trinajstić information content (AvgIpc) is 2.57. The van der Waals surface area contributed by atoms with Crippen LogP contribution >= 0.6 is 0 Å². The summed E-state index contributed by atoms with van der Waals surface area (Å²) < 4.78 is 0. The molecule has 2 N–H and O–H groups in total. The van der Waals surface area contributed by atoms with Crippen molar-refractivity contribution in [3.05, 3.63) is 52.2 Å². The summed E-state index contributed by atoms with van der Waals surface area (Å²) in [7, 11) is 0. The average molecular weight is 324 g/mol. The van der Waals surface area contributed by atoms with Gasteiger partial charge in [0.05, 0.1) is 5.70 Å². The summed E-state index contributed by atoms with van der Waals surface area (Å²) in [5.41, 5.74) is 3.76. The molecule has 0 unspecified atom stereocenters. The number of carbonyl (C=O) groups is 2. The first-order valence-corrected chi connectivity index (χ1v) is 8.06. The number of ketones is 2. The zero-order chi connectivity index (χ0) is 17.3. The molecule has 1 heterocycles. The number of aryl methyl sites for hydroxylation is 2. The van der Waals surface area contributed by atoms with Gasteiger partial charge in [-0.3, -0.25) is 14.6 Å². The molecule has 2 aliphatic rings. The van der Waals surface area contributed by atoms with Crippen LogP contribution in [0.4, 0.5) is 0 Å². The fourth-order valence-corrected chi connectivity index (χ4v) is 3.04. The van der Waals surface area contributed by atoms with Crippen molar-refractivity contribution < 1.29 is 14.7 Å². The van der Waals surface area contributed by atoms with E-state index in [-0.39, 0.29) is 17.3 Å². The number of rotatable bonds is 4.